The minimum atomic E-state index is 0.597. The lowest BCUT2D eigenvalue weighted by Gasteiger charge is -2.21. The molecule has 1 aromatic heterocycles. The molecule has 2 rings (SSSR count). The molecule has 0 bridgehead atoms. The Morgan fingerprint density at radius 1 is 1.39 bits per heavy atom. The average molecular weight is 266 g/mol. The van der Waals surface area contributed by atoms with Gasteiger partial charge in [0.15, 0.2) is 0 Å². The largest absolute Gasteiger partial charge is 0.314 e. The summed E-state index contributed by atoms with van der Waals surface area (Å²) in [6.07, 6.45) is 6.76. The smallest absolute Gasteiger partial charge is 0.0218 e. The van der Waals surface area contributed by atoms with Gasteiger partial charge in [-0.1, -0.05) is 12.8 Å². The van der Waals surface area contributed by atoms with E-state index in [1.165, 1.54) is 49.8 Å². The summed E-state index contributed by atoms with van der Waals surface area (Å²) in [6, 6.07) is 1.32. The molecule has 1 aliphatic heterocycles. The van der Waals surface area contributed by atoms with Gasteiger partial charge in [0, 0.05) is 18.6 Å². The summed E-state index contributed by atoms with van der Waals surface area (Å²) in [5.41, 5.74) is 2.88. The monoisotopic (exact) mass is 266 g/mol. The molecule has 3 heteroatoms. The Morgan fingerprint density at radius 3 is 3.06 bits per heavy atom. The minimum Gasteiger partial charge on any atom is -0.314 e. The highest BCUT2D eigenvalue weighted by atomic mass is 32.1. The summed E-state index contributed by atoms with van der Waals surface area (Å²) in [4.78, 5) is 0. The van der Waals surface area contributed by atoms with E-state index in [1.54, 1.807) is 11.3 Å². The lowest BCUT2D eigenvalue weighted by Crippen LogP contribution is -2.36. The third-order valence-corrected chi connectivity index (χ3v) is 4.81. The highest BCUT2D eigenvalue weighted by Crippen LogP contribution is 2.15. The molecule has 0 aliphatic carbocycles. The molecule has 0 saturated carbocycles. The second-order valence-corrected chi connectivity index (χ2v) is 6.34. The highest BCUT2D eigenvalue weighted by molar-refractivity contribution is 7.08. The third-order valence-electron chi connectivity index (χ3n) is 3.90. The molecule has 1 aliphatic rings. The van der Waals surface area contributed by atoms with Crippen LogP contribution in [0.4, 0.5) is 0 Å². The molecule has 2 heterocycles. The average Bonchev–Trinajstić information content (AvgIpc) is 2.61. The molecule has 0 radical (unpaired) electrons. The van der Waals surface area contributed by atoms with Crippen LogP contribution in [-0.2, 0) is 6.54 Å². The third kappa shape index (κ3) is 4.38. The molecular weight excluding hydrogens is 240 g/mol. The quantitative estimate of drug-likeness (QED) is 0.853. The lowest BCUT2D eigenvalue weighted by atomic mass is 10.0. The van der Waals surface area contributed by atoms with Crippen molar-refractivity contribution in [3.8, 4) is 0 Å². The zero-order valence-corrected chi connectivity index (χ0v) is 12.5. The molecule has 102 valence electrons. The summed E-state index contributed by atoms with van der Waals surface area (Å²) in [5.74, 6) is 0. The van der Waals surface area contributed by atoms with Crippen molar-refractivity contribution in [3.63, 3.8) is 0 Å². The predicted octanol–water partition coefficient (Wildman–Crippen LogP) is 3.46. The molecule has 18 heavy (non-hydrogen) atoms. The first-order chi connectivity index (χ1) is 8.75. The number of aryl methyl sites for hydroxylation is 1. The van der Waals surface area contributed by atoms with Crippen LogP contribution in [0.1, 0.15) is 50.2 Å². The van der Waals surface area contributed by atoms with Gasteiger partial charge in [-0.3, -0.25) is 0 Å². The maximum absolute atomic E-state index is 3.68. The van der Waals surface area contributed by atoms with E-state index in [9.17, 15) is 0 Å². The second kappa shape index (κ2) is 7.27. The summed E-state index contributed by atoms with van der Waals surface area (Å²) < 4.78 is 0. The van der Waals surface area contributed by atoms with Gasteiger partial charge in [0.1, 0.15) is 0 Å². The maximum atomic E-state index is 3.68. The topological polar surface area (TPSA) is 24.1 Å². The van der Waals surface area contributed by atoms with Crippen LogP contribution in [0.2, 0.25) is 0 Å². The molecule has 2 nitrogen and oxygen atoms in total. The lowest BCUT2D eigenvalue weighted by molar-refractivity contribution is 0.402. The fraction of sp³-hybridized carbons (Fsp3) is 0.733. The molecule has 0 spiro atoms. The van der Waals surface area contributed by atoms with E-state index in [-0.39, 0.29) is 0 Å². The fourth-order valence-corrected chi connectivity index (χ4v) is 3.52. The van der Waals surface area contributed by atoms with Gasteiger partial charge in [-0.25, -0.2) is 0 Å². The van der Waals surface area contributed by atoms with Gasteiger partial charge >= 0.3 is 0 Å². The van der Waals surface area contributed by atoms with E-state index in [1.807, 2.05) is 0 Å². The van der Waals surface area contributed by atoms with Crippen molar-refractivity contribution >= 4 is 11.3 Å². The van der Waals surface area contributed by atoms with Crippen LogP contribution in [0.5, 0.6) is 0 Å². The van der Waals surface area contributed by atoms with E-state index < -0.39 is 0 Å². The highest BCUT2D eigenvalue weighted by Gasteiger charge is 2.14. The fourth-order valence-electron chi connectivity index (χ4n) is 2.66. The van der Waals surface area contributed by atoms with Crippen molar-refractivity contribution in [2.75, 3.05) is 6.54 Å². The van der Waals surface area contributed by atoms with Gasteiger partial charge in [-0.2, -0.15) is 11.3 Å². The van der Waals surface area contributed by atoms with Gasteiger partial charge in [0.25, 0.3) is 0 Å². The minimum absolute atomic E-state index is 0.597. The normalized spacial score (nSPS) is 22.7. The SMILES string of the molecule is Cc1cscc1CNC(C)CC1CCCCCN1. The van der Waals surface area contributed by atoms with E-state index in [0.29, 0.717) is 6.04 Å². The Hall–Kier alpha value is -0.380. The maximum Gasteiger partial charge on any atom is 0.0218 e. The number of hydrogen-bond acceptors (Lipinski definition) is 3. The number of nitrogens with one attached hydrogen (secondary N) is 2. The van der Waals surface area contributed by atoms with E-state index in [0.717, 1.165) is 12.6 Å². The molecule has 1 fully saturated rings. The predicted molar refractivity (Wildman–Crippen MR) is 80.2 cm³/mol. The van der Waals surface area contributed by atoms with Crippen LogP contribution < -0.4 is 10.6 Å². The Balaban J connectivity index is 1.71. The Labute approximate surface area is 115 Å². The summed E-state index contributed by atoms with van der Waals surface area (Å²) in [5, 5.41) is 11.8. The molecule has 1 saturated heterocycles. The van der Waals surface area contributed by atoms with Crippen molar-refractivity contribution in [1.29, 1.82) is 0 Å². The van der Waals surface area contributed by atoms with Crippen molar-refractivity contribution in [2.24, 2.45) is 0 Å². The number of thiophene rings is 1. The first-order valence-corrected chi connectivity index (χ1v) is 8.18. The zero-order valence-electron chi connectivity index (χ0n) is 11.7. The van der Waals surface area contributed by atoms with Crippen LogP contribution >= 0.6 is 11.3 Å². The molecular formula is C15H26N2S. The molecule has 2 N–H and O–H groups in total. The first kappa shape index (κ1) is 14.0. The molecule has 0 aromatic carbocycles. The summed E-state index contributed by atoms with van der Waals surface area (Å²) >= 11 is 1.80. The Kier molecular flexibility index (Phi) is 5.67. The Morgan fingerprint density at radius 2 is 2.28 bits per heavy atom. The molecule has 2 atom stereocenters. The van der Waals surface area contributed by atoms with Gasteiger partial charge < -0.3 is 10.6 Å². The van der Waals surface area contributed by atoms with Gasteiger partial charge in [0.2, 0.25) is 0 Å². The first-order valence-electron chi connectivity index (χ1n) is 7.24. The van der Waals surface area contributed by atoms with E-state index in [2.05, 4.69) is 35.2 Å². The summed E-state index contributed by atoms with van der Waals surface area (Å²) in [6.45, 7) is 6.74. The molecule has 2 unspecified atom stereocenters. The van der Waals surface area contributed by atoms with Gasteiger partial charge in [0.05, 0.1) is 0 Å². The van der Waals surface area contributed by atoms with Crippen LogP contribution in [0, 0.1) is 6.92 Å². The Bertz CT molecular complexity index is 340. The van der Waals surface area contributed by atoms with Crippen LogP contribution in [-0.4, -0.2) is 18.6 Å². The standard InChI is InChI=1S/C15H26N2S/c1-12-10-18-11-14(12)9-17-13(2)8-15-6-4-3-5-7-16-15/h10-11,13,15-17H,3-9H2,1-2H3. The second-order valence-electron chi connectivity index (χ2n) is 5.60. The zero-order chi connectivity index (χ0) is 12.8. The van der Waals surface area contributed by atoms with Crippen molar-refractivity contribution < 1.29 is 0 Å². The number of rotatable bonds is 5. The van der Waals surface area contributed by atoms with Gasteiger partial charge in [-0.05, 0) is 61.5 Å². The van der Waals surface area contributed by atoms with Crippen molar-refractivity contribution in [2.45, 2.75) is 64.6 Å². The van der Waals surface area contributed by atoms with Crippen LogP contribution in [0.25, 0.3) is 0 Å². The van der Waals surface area contributed by atoms with E-state index in [4.69, 9.17) is 0 Å². The summed E-state index contributed by atoms with van der Waals surface area (Å²) in [7, 11) is 0. The van der Waals surface area contributed by atoms with Gasteiger partial charge in [-0.15, -0.1) is 0 Å². The van der Waals surface area contributed by atoms with Crippen LogP contribution in [0.15, 0.2) is 10.8 Å². The molecule has 1 aromatic rings. The van der Waals surface area contributed by atoms with Crippen LogP contribution in [0.3, 0.4) is 0 Å². The van der Waals surface area contributed by atoms with Crippen molar-refractivity contribution in [3.05, 3.63) is 21.9 Å². The molecule has 0 amide bonds. The van der Waals surface area contributed by atoms with E-state index >= 15 is 0 Å². The van der Waals surface area contributed by atoms with Crippen molar-refractivity contribution in [1.82, 2.24) is 10.6 Å². The number of hydrogen-bond donors (Lipinski definition) is 2.